The van der Waals surface area contributed by atoms with Crippen LogP contribution >= 0.6 is 23.2 Å². The second-order valence-corrected chi connectivity index (χ2v) is 9.11. The highest BCUT2D eigenvalue weighted by Gasteiger charge is 2.21. The van der Waals surface area contributed by atoms with Crippen LogP contribution in [0.25, 0.3) is 10.9 Å². The molecule has 2 heterocycles. The minimum atomic E-state index is 0.0213. The van der Waals surface area contributed by atoms with Crippen molar-refractivity contribution in [3.8, 4) is 11.5 Å². The number of nitrogens with zero attached hydrogens (tertiary/aromatic N) is 3. The average Bonchev–Trinajstić information content (AvgIpc) is 2.90. The maximum Gasteiger partial charge on any atom is 0.163 e. The number of allylic oxidation sites excluding steroid dienone is 1. The molecule has 0 aliphatic carbocycles. The van der Waals surface area contributed by atoms with Gasteiger partial charge in [0.25, 0.3) is 0 Å². The lowest BCUT2D eigenvalue weighted by atomic mass is 10.2. The van der Waals surface area contributed by atoms with Crippen molar-refractivity contribution >= 4 is 45.6 Å². The fourth-order valence-electron chi connectivity index (χ4n) is 3.73. The first kappa shape index (κ1) is 28.0. The maximum absolute atomic E-state index is 6.14. The van der Waals surface area contributed by atoms with Crippen molar-refractivity contribution in [3.05, 3.63) is 59.4 Å². The zero-order valence-corrected chi connectivity index (χ0v) is 22.6. The van der Waals surface area contributed by atoms with Crippen LogP contribution in [-0.4, -0.2) is 60.9 Å². The molecule has 9 heteroatoms. The zero-order valence-electron chi connectivity index (χ0n) is 21.1. The van der Waals surface area contributed by atoms with Gasteiger partial charge in [0, 0.05) is 30.2 Å². The summed E-state index contributed by atoms with van der Waals surface area (Å²) in [6.45, 7) is 11.8. The fourth-order valence-corrected chi connectivity index (χ4v) is 4.03. The Morgan fingerprint density at radius 2 is 1.97 bits per heavy atom. The van der Waals surface area contributed by atoms with E-state index in [1.807, 2.05) is 24.3 Å². The first-order chi connectivity index (χ1) is 17.5. The molecule has 0 radical (unpaired) electrons. The smallest absolute Gasteiger partial charge is 0.163 e. The van der Waals surface area contributed by atoms with Gasteiger partial charge in [0.15, 0.2) is 11.5 Å². The number of aromatic nitrogens is 2. The number of anilines is 2. The standard InChI is InChI=1S/C23H26Cl2N4O3.C4H8/c1-3-6-29-7-8-31-16(12-29)13-32-22-11-20-17(10-21(22)30-2)23(27-14-26-20)28-15-4-5-18(24)19(25)9-15;1-3-4-2/h4-5,9-11,14,16H,3,6-8,12-13H2,1-2H3,(H,26,27,28);3H,1,4H2,2H3. The number of hydrogen-bond donors (Lipinski definition) is 1. The van der Waals surface area contributed by atoms with E-state index in [1.165, 1.54) is 6.33 Å². The van der Waals surface area contributed by atoms with Gasteiger partial charge in [-0.2, -0.15) is 0 Å². The Morgan fingerprint density at radius 1 is 1.17 bits per heavy atom. The predicted molar refractivity (Wildman–Crippen MR) is 148 cm³/mol. The third-order valence-corrected chi connectivity index (χ3v) is 6.32. The Hall–Kier alpha value is -2.58. The van der Waals surface area contributed by atoms with Gasteiger partial charge in [0.2, 0.25) is 0 Å². The molecule has 1 atom stereocenters. The van der Waals surface area contributed by atoms with E-state index in [0.29, 0.717) is 34.0 Å². The summed E-state index contributed by atoms with van der Waals surface area (Å²) in [5, 5.41) is 5.02. The summed E-state index contributed by atoms with van der Waals surface area (Å²) >= 11 is 12.2. The molecule has 4 rings (SSSR count). The van der Waals surface area contributed by atoms with E-state index in [-0.39, 0.29) is 6.10 Å². The normalized spacial score (nSPS) is 15.6. The molecular weight excluding hydrogens is 499 g/mol. The third-order valence-electron chi connectivity index (χ3n) is 5.58. The van der Waals surface area contributed by atoms with Gasteiger partial charge in [0.1, 0.15) is 24.9 Å². The van der Waals surface area contributed by atoms with Crippen LogP contribution in [0, 0.1) is 0 Å². The van der Waals surface area contributed by atoms with E-state index in [2.05, 4.69) is 40.6 Å². The van der Waals surface area contributed by atoms with Gasteiger partial charge in [-0.25, -0.2) is 9.97 Å². The summed E-state index contributed by atoms with van der Waals surface area (Å²) in [6.07, 6.45) is 5.61. The molecule has 1 fully saturated rings. The van der Waals surface area contributed by atoms with Gasteiger partial charge in [-0.05, 0) is 43.7 Å². The van der Waals surface area contributed by atoms with E-state index in [4.69, 9.17) is 37.4 Å². The molecule has 1 aromatic heterocycles. The van der Waals surface area contributed by atoms with Gasteiger partial charge in [-0.15, -0.1) is 6.58 Å². The average molecular weight is 534 g/mol. The lowest BCUT2D eigenvalue weighted by Gasteiger charge is -2.32. The summed E-state index contributed by atoms with van der Waals surface area (Å²) in [6, 6.07) is 9.05. The monoisotopic (exact) mass is 532 g/mol. The molecule has 0 spiro atoms. The lowest BCUT2D eigenvalue weighted by molar-refractivity contribution is -0.0480. The summed E-state index contributed by atoms with van der Waals surface area (Å²) in [5.41, 5.74) is 1.50. The highest BCUT2D eigenvalue weighted by atomic mass is 35.5. The molecule has 1 aliphatic rings. The molecule has 36 heavy (non-hydrogen) atoms. The number of nitrogens with one attached hydrogen (secondary N) is 1. The van der Waals surface area contributed by atoms with Crippen molar-refractivity contribution in [1.29, 1.82) is 0 Å². The first-order valence-corrected chi connectivity index (χ1v) is 12.9. The Labute approximate surface area is 223 Å². The molecule has 0 bridgehead atoms. The van der Waals surface area contributed by atoms with E-state index in [9.17, 15) is 0 Å². The van der Waals surface area contributed by atoms with Gasteiger partial charge >= 0.3 is 0 Å². The number of fused-ring (bicyclic) bond motifs is 1. The molecule has 1 N–H and O–H groups in total. The first-order valence-electron chi connectivity index (χ1n) is 12.1. The molecular formula is C27H34Cl2N4O3. The number of hydrogen-bond acceptors (Lipinski definition) is 7. The molecule has 7 nitrogen and oxygen atoms in total. The van der Waals surface area contributed by atoms with Crippen LogP contribution in [-0.2, 0) is 4.74 Å². The Bertz CT molecular complexity index is 1140. The van der Waals surface area contributed by atoms with Crippen LogP contribution in [0.2, 0.25) is 10.0 Å². The highest BCUT2D eigenvalue weighted by molar-refractivity contribution is 6.42. The second kappa shape index (κ2) is 14.2. The van der Waals surface area contributed by atoms with Crippen LogP contribution < -0.4 is 14.8 Å². The number of morpholine rings is 1. The Morgan fingerprint density at radius 3 is 2.67 bits per heavy atom. The van der Waals surface area contributed by atoms with Gasteiger partial charge in [-0.1, -0.05) is 43.1 Å². The van der Waals surface area contributed by atoms with E-state index in [0.717, 1.165) is 55.7 Å². The van der Waals surface area contributed by atoms with Crippen molar-refractivity contribution in [2.45, 2.75) is 32.8 Å². The summed E-state index contributed by atoms with van der Waals surface area (Å²) in [5.74, 6) is 1.85. The Balaban J connectivity index is 0.000000840. The van der Waals surface area contributed by atoms with Crippen LogP contribution in [0.3, 0.4) is 0 Å². The van der Waals surface area contributed by atoms with Gasteiger partial charge in [0.05, 0.1) is 29.3 Å². The van der Waals surface area contributed by atoms with Crippen LogP contribution in [0.1, 0.15) is 26.7 Å². The van der Waals surface area contributed by atoms with Gasteiger partial charge in [-0.3, -0.25) is 4.90 Å². The number of rotatable bonds is 9. The number of halogens is 2. The summed E-state index contributed by atoms with van der Waals surface area (Å²) in [4.78, 5) is 11.2. The molecule has 1 aliphatic heterocycles. The summed E-state index contributed by atoms with van der Waals surface area (Å²) < 4.78 is 17.6. The SMILES string of the molecule is C=CCC.CCCN1CCOC(COc2cc3ncnc(Nc4ccc(Cl)c(Cl)c4)c3cc2OC)C1. The largest absolute Gasteiger partial charge is 0.493 e. The quantitative estimate of drug-likeness (QED) is 0.305. The minimum absolute atomic E-state index is 0.0213. The van der Waals surface area contributed by atoms with Crippen LogP contribution in [0.15, 0.2) is 49.3 Å². The number of ether oxygens (including phenoxy) is 3. The molecule has 1 unspecified atom stereocenters. The van der Waals surface area contributed by atoms with E-state index >= 15 is 0 Å². The van der Waals surface area contributed by atoms with Crippen LogP contribution in [0.4, 0.5) is 11.5 Å². The molecule has 0 amide bonds. The van der Waals surface area contributed by atoms with Crippen molar-refractivity contribution in [1.82, 2.24) is 14.9 Å². The van der Waals surface area contributed by atoms with Crippen molar-refractivity contribution in [2.75, 3.05) is 45.3 Å². The topological polar surface area (TPSA) is 68.7 Å². The van der Waals surface area contributed by atoms with Crippen LogP contribution in [0.5, 0.6) is 11.5 Å². The number of methoxy groups -OCH3 is 1. The minimum Gasteiger partial charge on any atom is -0.493 e. The van der Waals surface area contributed by atoms with Gasteiger partial charge < -0.3 is 19.5 Å². The van der Waals surface area contributed by atoms with Crippen molar-refractivity contribution in [3.63, 3.8) is 0 Å². The molecule has 0 saturated carbocycles. The Kier molecular flexibility index (Phi) is 11.1. The lowest BCUT2D eigenvalue weighted by Crippen LogP contribution is -2.45. The van der Waals surface area contributed by atoms with E-state index in [1.54, 1.807) is 19.2 Å². The van der Waals surface area contributed by atoms with Crippen molar-refractivity contribution < 1.29 is 14.2 Å². The highest BCUT2D eigenvalue weighted by Crippen LogP contribution is 2.35. The number of benzene rings is 2. The summed E-state index contributed by atoms with van der Waals surface area (Å²) in [7, 11) is 1.62. The fraction of sp³-hybridized carbons (Fsp3) is 0.407. The molecule has 2 aromatic carbocycles. The van der Waals surface area contributed by atoms with Crippen molar-refractivity contribution in [2.24, 2.45) is 0 Å². The second-order valence-electron chi connectivity index (χ2n) is 8.30. The third kappa shape index (κ3) is 7.71. The predicted octanol–water partition coefficient (Wildman–Crippen LogP) is 6.76. The maximum atomic E-state index is 6.14. The molecule has 3 aromatic rings. The molecule has 194 valence electrons. The van der Waals surface area contributed by atoms with E-state index < -0.39 is 0 Å². The zero-order chi connectivity index (χ0) is 25.9. The molecule has 1 saturated heterocycles.